The molecule has 0 atom stereocenters. The lowest BCUT2D eigenvalue weighted by Crippen LogP contribution is -2.39. The number of carbonyl (C=O) groups excluding carboxylic acids is 1. The second-order valence-corrected chi connectivity index (χ2v) is 9.14. The third-order valence-electron chi connectivity index (χ3n) is 6.44. The first-order chi connectivity index (χ1) is 18.9. The van der Waals surface area contributed by atoms with Gasteiger partial charge in [-0.1, -0.05) is 6.07 Å². The maximum absolute atomic E-state index is 13.5. The van der Waals surface area contributed by atoms with Crippen molar-refractivity contribution < 1.29 is 41.0 Å². The first kappa shape index (κ1) is 25.6. The van der Waals surface area contributed by atoms with E-state index in [1.807, 2.05) is 0 Å². The van der Waals surface area contributed by atoms with E-state index in [0.717, 1.165) is 30.0 Å². The molecule has 4 aromatic rings. The number of halogens is 5. The summed E-state index contributed by atoms with van der Waals surface area (Å²) in [4.78, 5) is 34.8. The summed E-state index contributed by atoms with van der Waals surface area (Å²) in [6.45, 7) is -0.556. The highest BCUT2D eigenvalue weighted by molar-refractivity contribution is 5.95. The zero-order chi connectivity index (χ0) is 28.4. The number of fused-ring (bicyclic) bond motifs is 2. The van der Waals surface area contributed by atoms with Crippen molar-refractivity contribution in [1.82, 2.24) is 19.7 Å². The van der Waals surface area contributed by atoms with Crippen molar-refractivity contribution >= 4 is 22.6 Å². The predicted molar refractivity (Wildman–Crippen MR) is 128 cm³/mol. The highest BCUT2D eigenvalue weighted by atomic mass is 19.4. The molecule has 208 valence electrons. The van der Waals surface area contributed by atoms with Gasteiger partial charge >= 0.3 is 12.5 Å². The Kier molecular flexibility index (Phi) is 5.71. The molecule has 1 aliphatic carbocycles. The Morgan fingerprint density at radius 3 is 2.62 bits per heavy atom. The van der Waals surface area contributed by atoms with Crippen LogP contribution in [-0.2, 0) is 17.5 Å². The number of carbonyl (C=O) groups is 1. The van der Waals surface area contributed by atoms with Crippen LogP contribution >= 0.6 is 0 Å². The van der Waals surface area contributed by atoms with Crippen LogP contribution in [0.3, 0.4) is 0 Å². The number of benzene rings is 2. The molecule has 0 radical (unpaired) electrons. The fourth-order valence-electron chi connectivity index (χ4n) is 4.54. The van der Waals surface area contributed by atoms with Gasteiger partial charge in [-0.15, -0.1) is 8.78 Å². The molecule has 6 rings (SSSR count). The number of amides is 1. The summed E-state index contributed by atoms with van der Waals surface area (Å²) in [7, 11) is 1.09. The molecule has 2 aromatic heterocycles. The average molecular weight is 563 g/mol. The van der Waals surface area contributed by atoms with Crippen LogP contribution in [0.2, 0.25) is 0 Å². The summed E-state index contributed by atoms with van der Waals surface area (Å²) in [6.07, 6.45) is -5.97. The molecule has 0 bridgehead atoms. The minimum absolute atomic E-state index is 0.0139. The molecule has 1 fully saturated rings. The minimum Gasteiger partial charge on any atom is -0.496 e. The van der Waals surface area contributed by atoms with Crippen LogP contribution in [0.4, 0.5) is 27.6 Å². The summed E-state index contributed by atoms with van der Waals surface area (Å²) in [5.74, 6) is -1.46. The average Bonchev–Trinajstić information content (AvgIpc) is 3.49. The quantitative estimate of drug-likeness (QED) is 0.348. The van der Waals surface area contributed by atoms with Crippen molar-refractivity contribution in [1.29, 1.82) is 0 Å². The van der Waals surface area contributed by atoms with Gasteiger partial charge in [0.1, 0.15) is 29.0 Å². The van der Waals surface area contributed by atoms with Gasteiger partial charge in [0.2, 0.25) is 5.91 Å². The number of methoxy groups -OCH3 is 1. The number of aromatic amines is 1. The number of nitrogens with zero attached hydrogens (tertiary/aromatic N) is 4. The van der Waals surface area contributed by atoms with Gasteiger partial charge < -0.3 is 24.1 Å². The maximum atomic E-state index is 13.5. The van der Waals surface area contributed by atoms with Crippen LogP contribution in [0.1, 0.15) is 18.4 Å². The number of hydrogen-bond donors (Lipinski definition) is 1. The van der Waals surface area contributed by atoms with Crippen molar-refractivity contribution in [2.45, 2.75) is 37.9 Å². The molecule has 15 heteroatoms. The number of anilines is 1. The monoisotopic (exact) mass is 563 g/mol. The van der Waals surface area contributed by atoms with E-state index in [-0.39, 0.29) is 45.5 Å². The number of ether oxygens (including phenoxy) is 3. The molecular weight excluding hydrogens is 545 g/mol. The van der Waals surface area contributed by atoms with Gasteiger partial charge in [-0.25, -0.2) is 9.67 Å². The first-order valence-corrected chi connectivity index (χ1v) is 11.9. The van der Waals surface area contributed by atoms with Crippen LogP contribution in [0, 0.1) is 0 Å². The van der Waals surface area contributed by atoms with Crippen molar-refractivity contribution in [3.8, 4) is 28.5 Å². The van der Waals surface area contributed by atoms with E-state index in [0.29, 0.717) is 12.8 Å². The smallest absolute Gasteiger partial charge is 0.496 e. The lowest BCUT2D eigenvalue weighted by molar-refractivity contribution is -0.286. The largest absolute Gasteiger partial charge is 0.586 e. The predicted octanol–water partition coefficient (Wildman–Crippen LogP) is 4.33. The standard InChI is InChI=1S/C25H18F5N5O5/c1-38-17-8-12(2-6-15(17)24(26,27)28)20-21-22(32-11-31-21)23(37)34(33-20)10-19(36)35(13-3-4-13)14-5-7-16-18(9-14)40-25(29,30)39-16/h2,5-9,11,13H,3-4,10H2,1H3,(H,31,32). The van der Waals surface area contributed by atoms with E-state index < -0.39 is 41.8 Å². The number of hydrogen-bond acceptors (Lipinski definition) is 7. The van der Waals surface area contributed by atoms with E-state index in [4.69, 9.17) is 4.74 Å². The molecule has 1 N–H and O–H groups in total. The van der Waals surface area contributed by atoms with Crippen LogP contribution < -0.4 is 24.7 Å². The Balaban J connectivity index is 1.37. The molecular formula is C25H18F5N5O5. The summed E-state index contributed by atoms with van der Waals surface area (Å²) in [5.41, 5.74) is -1.15. The van der Waals surface area contributed by atoms with E-state index in [1.54, 1.807) is 0 Å². The number of rotatable bonds is 6. The topological polar surface area (TPSA) is 112 Å². The lowest BCUT2D eigenvalue weighted by atomic mass is 10.1. The molecule has 1 amide bonds. The summed E-state index contributed by atoms with van der Waals surface area (Å²) in [6, 6.07) is 6.80. The van der Waals surface area contributed by atoms with E-state index in [9.17, 15) is 31.5 Å². The Bertz CT molecular complexity index is 1710. The zero-order valence-electron chi connectivity index (χ0n) is 20.5. The third kappa shape index (κ3) is 4.46. The highest BCUT2D eigenvalue weighted by Gasteiger charge is 2.44. The van der Waals surface area contributed by atoms with Crippen LogP contribution in [-0.4, -0.2) is 45.1 Å². The number of alkyl halides is 5. The summed E-state index contributed by atoms with van der Waals surface area (Å²) >= 11 is 0. The highest BCUT2D eigenvalue weighted by Crippen LogP contribution is 2.44. The van der Waals surface area contributed by atoms with Crippen molar-refractivity contribution in [2.75, 3.05) is 12.0 Å². The second kappa shape index (κ2) is 8.93. The minimum atomic E-state index is -4.67. The first-order valence-electron chi connectivity index (χ1n) is 11.9. The molecule has 2 aromatic carbocycles. The van der Waals surface area contributed by atoms with Crippen LogP contribution in [0.15, 0.2) is 47.5 Å². The third-order valence-corrected chi connectivity index (χ3v) is 6.44. The Labute approximate surface area is 220 Å². The van der Waals surface area contributed by atoms with Crippen molar-refractivity contribution in [3.05, 3.63) is 58.6 Å². The van der Waals surface area contributed by atoms with Gasteiger partial charge in [0.15, 0.2) is 11.5 Å². The molecule has 3 heterocycles. The van der Waals surface area contributed by atoms with Gasteiger partial charge in [-0.2, -0.15) is 18.3 Å². The molecule has 0 unspecified atom stereocenters. The van der Waals surface area contributed by atoms with E-state index >= 15 is 0 Å². The SMILES string of the molecule is COc1cc(-c2nn(CC(=O)N(c3ccc4c(c3)OC(F)(F)O4)C3CC3)c(=O)c3[nH]cnc23)ccc1C(F)(F)F. The molecule has 10 nitrogen and oxygen atoms in total. The Hall–Kier alpha value is -4.69. The van der Waals surface area contributed by atoms with Gasteiger partial charge in [-0.05, 0) is 37.1 Å². The van der Waals surface area contributed by atoms with Crippen molar-refractivity contribution in [2.24, 2.45) is 0 Å². The second-order valence-electron chi connectivity index (χ2n) is 9.14. The number of nitrogens with one attached hydrogen (secondary N) is 1. The van der Waals surface area contributed by atoms with Crippen molar-refractivity contribution in [3.63, 3.8) is 0 Å². The normalized spacial score (nSPS) is 15.8. The zero-order valence-corrected chi connectivity index (χ0v) is 20.5. The van der Waals surface area contributed by atoms with Crippen LogP contribution in [0.5, 0.6) is 17.2 Å². The molecule has 0 spiro atoms. The number of aromatic nitrogens is 4. The van der Waals surface area contributed by atoms with Gasteiger partial charge in [-0.3, -0.25) is 9.59 Å². The summed E-state index contributed by atoms with van der Waals surface area (Å²) in [5, 5.41) is 4.28. The fraction of sp³-hybridized carbons (Fsp3) is 0.280. The molecule has 2 aliphatic rings. The Morgan fingerprint density at radius 2 is 1.93 bits per heavy atom. The maximum Gasteiger partial charge on any atom is 0.586 e. The summed E-state index contributed by atoms with van der Waals surface area (Å²) < 4.78 is 81.8. The van der Waals surface area contributed by atoms with Gasteiger partial charge in [0.25, 0.3) is 5.56 Å². The van der Waals surface area contributed by atoms with Crippen LogP contribution in [0.25, 0.3) is 22.3 Å². The van der Waals surface area contributed by atoms with Gasteiger partial charge in [0, 0.05) is 23.4 Å². The number of imidazole rings is 1. The fourth-order valence-corrected chi connectivity index (χ4v) is 4.54. The lowest BCUT2D eigenvalue weighted by Gasteiger charge is -2.23. The van der Waals surface area contributed by atoms with E-state index in [1.165, 1.54) is 29.4 Å². The molecule has 0 saturated heterocycles. The van der Waals surface area contributed by atoms with E-state index in [2.05, 4.69) is 24.5 Å². The number of H-pyrrole nitrogens is 1. The molecule has 40 heavy (non-hydrogen) atoms. The van der Waals surface area contributed by atoms with Gasteiger partial charge in [0.05, 0.1) is 19.0 Å². The Morgan fingerprint density at radius 1 is 1.18 bits per heavy atom. The molecule has 1 saturated carbocycles. The molecule has 1 aliphatic heterocycles.